The molecule has 0 aliphatic carbocycles. The van der Waals surface area contributed by atoms with Crippen LogP contribution in [0.15, 0.2) is 36.7 Å². The first-order valence-corrected chi connectivity index (χ1v) is 4.65. The molecule has 0 atom stereocenters. The highest BCUT2D eigenvalue weighted by atomic mass is 16.5. The van der Waals surface area contributed by atoms with E-state index in [1.165, 1.54) is 0 Å². The minimum Gasteiger partial charge on any atom is -0.425 e. The van der Waals surface area contributed by atoms with E-state index in [0.717, 1.165) is 5.56 Å². The number of hydrogen-bond acceptors (Lipinski definition) is 3. The smallest absolute Gasteiger partial charge is 0.301 e. The minimum atomic E-state index is -0.0411. The van der Waals surface area contributed by atoms with Gasteiger partial charge in [-0.05, 0) is 6.07 Å². The van der Waals surface area contributed by atoms with Gasteiger partial charge in [-0.2, -0.15) is 0 Å². The van der Waals surface area contributed by atoms with Crippen LogP contribution in [0, 0.1) is 0 Å². The van der Waals surface area contributed by atoms with E-state index in [2.05, 4.69) is 4.98 Å². The summed E-state index contributed by atoms with van der Waals surface area (Å²) in [5.74, 6) is 0.634. The number of aliphatic hydroxyl groups is 1. The average molecular weight is 204 g/mol. The van der Waals surface area contributed by atoms with E-state index >= 15 is 0 Å². The molecule has 15 heavy (non-hydrogen) atoms. The first-order chi connectivity index (χ1) is 7.31. The topological polar surface area (TPSA) is 47.3 Å². The van der Waals surface area contributed by atoms with Gasteiger partial charge in [0.05, 0.1) is 6.61 Å². The van der Waals surface area contributed by atoms with Gasteiger partial charge < -0.3 is 14.4 Å². The van der Waals surface area contributed by atoms with Crippen molar-refractivity contribution < 1.29 is 9.84 Å². The fraction of sp³-hybridized carbons (Fsp3) is 0.182. The summed E-state index contributed by atoms with van der Waals surface area (Å²) in [5.41, 5.74) is 0.750. The fourth-order valence-electron chi connectivity index (χ4n) is 1.28. The predicted molar refractivity (Wildman–Crippen MR) is 55.6 cm³/mol. The molecule has 2 rings (SSSR count). The molecule has 1 N–H and O–H groups in total. The lowest BCUT2D eigenvalue weighted by molar-refractivity contribution is 0.275. The number of nitrogens with zero attached hydrogens (tertiary/aromatic N) is 2. The molecule has 0 spiro atoms. The van der Waals surface area contributed by atoms with Gasteiger partial charge >= 0.3 is 6.01 Å². The summed E-state index contributed by atoms with van der Waals surface area (Å²) < 4.78 is 7.33. The van der Waals surface area contributed by atoms with Crippen LogP contribution in [0.4, 0.5) is 0 Å². The summed E-state index contributed by atoms with van der Waals surface area (Å²) in [5, 5.41) is 9.11. The van der Waals surface area contributed by atoms with Gasteiger partial charge in [0.15, 0.2) is 0 Å². The Morgan fingerprint density at radius 2 is 2.20 bits per heavy atom. The molecule has 4 heteroatoms. The fourth-order valence-corrected chi connectivity index (χ4v) is 1.28. The molecular formula is C11H12N2O2. The van der Waals surface area contributed by atoms with Gasteiger partial charge in [0.2, 0.25) is 0 Å². The molecule has 1 heterocycles. The third-order valence-corrected chi connectivity index (χ3v) is 2.12. The Bertz CT molecular complexity index is 451. The van der Waals surface area contributed by atoms with Crippen LogP contribution >= 0.6 is 0 Å². The molecule has 0 amide bonds. The van der Waals surface area contributed by atoms with Gasteiger partial charge in [0.1, 0.15) is 5.75 Å². The maximum absolute atomic E-state index is 9.11. The van der Waals surface area contributed by atoms with Crippen molar-refractivity contribution in [2.24, 2.45) is 7.05 Å². The number of imidazole rings is 1. The molecule has 1 aromatic carbocycles. The van der Waals surface area contributed by atoms with E-state index < -0.39 is 0 Å². The molecule has 0 fully saturated rings. The maximum atomic E-state index is 9.11. The van der Waals surface area contributed by atoms with Gasteiger partial charge in [-0.1, -0.05) is 18.2 Å². The average Bonchev–Trinajstić information content (AvgIpc) is 2.65. The first-order valence-electron chi connectivity index (χ1n) is 4.65. The third-order valence-electron chi connectivity index (χ3n) is 2.12. The van der Waals surface area contributed by atoms with Crippen LogP contribution in [0.5, 0.6) is 11.8 Å². The highest BCUT2D eigenvalue weighted by Gasteiger charge is 2.05. The monoisotopic (exact) mass is 204 g/mol. The summed E-state index contributed by atoms with van der Waals surface area (Å²) in [6.45, 7) is -0.0411. The van der Waals surface area contributed by atoms with Crippen molar-refractivity contribution in [1.82, 2.24) is 9.55 Å². The van der Waals surface area contributed by atoms with Crippen LogP contribution in [0.3, 0.4) is 0 Å². The zero-order chi connectivity index (χ0) is 10.7. The standard InChI is InChI=1S/C11H12N2O2/c1-13-7-6-12-11(13)15-10-5-3-2-4-9(10)8-14/h2-7,14H,8H2,1H3. The maximum Gasteiger partial charge on any atom is 0.301 e. The SMILES string of the molecule is Cn1ccnc1Oc1ccccc1CO. The molecule has 0 radical (unpaired) electrons. The molecule has 4 nitrogen and oxygen atoms in total. The zero-order valence-corrected chi connectivity index (χ0v) is 8.42. The number of benzene rings is 1. The van der Waals surface area contributed by atoms with Crippen LogP contribution in [-0.2, 0) is 13.7 Å². The number of hydrogen-bond donors (Lipinski definition) is 1. The second-order valence-corrected chi connectivity index (χ2v) is 3.19. The molecule has 0 saturated carbocycles. The molecule has 0 saturated heterocycles. The van der Waals surface area contributed by atoms with Gasteiger partial charge in [0.25, 0.3) is 0 Å². The number of aryl methyl sites for hydroxylation is 1. The molecule has 78 valence electrons. The van der Waals surface area contributed by atoms with Crippen LogP contribution in [-0.4, -0.2) is 14.7 Å². The molecule has 0 aliphatic heterocycles. The van der Waals surface area contributed by atoms with Gasteiger partial charge in [0, 0.05) is 25.0 Å². The molecule has 0 bridgehead atoms. The minimum absolute atomic E-state index is 0.0411. The Morgan fingerprint density at radius 1 is 1.40 bits per heavy atom. The van der Waals surface area contributed by atoms with E-state index in [-0.39, 0.29) is 6.61 Å². The van der Waals surface area contributed by atoms with Gasteiger partial charge in [-0.15, -0.1) is 0 Å². The summed E-state index contributed by atoms with van der Waals surface area (Å²) in [6, 6.07) is 7.85. The lowest BCUT2D eigenvalue weighted by atomic mass is 10.2. The van der Waals surface area contributed by atoms with E-state index in [4.69, 9.17) is 9.84 Å². The molecule has 1 aromatic heterocycles. The van der Waals surface area contributed by atoms with Crippen molar-refractivity contribution in [3.8, 4) is 11.8 Å². The third kappa shape index (κ3) is 1.99. The van der Waals surface area contributed by atoms with E-state index in [1.807, 2.05) is 25.2 Å². The number of para-hydroxylation sites is 1. The van der Waals surface area contributed by atoms with Gasteiger partial charge in [-0.3, -0.25) is 0 Å². The second-order valence-electron chi connectivity index (χ2n) is 3.19. The van der Waals surface area contributed by atoms with E-state index in [9.17, 15) is 0 Å². The van der Waals surface area contributed by atoms with Crippen molar-refractivity contribution in [3.63, 3.8) is 0 Å². The Kier molecular flexibility index (Phi) is 2.69. The van der Waals surface area contributed by atoms with Crippen LogP contribution in [0.2, 0.25) is 0 Å². The van der Waals surface area contributed by atoms with E-state index in [0.29, 0.717) is 11.8 Å². The van der Waals surface area contributed by atoms with Crippen LogP contribution in [0.25, 0.3) is 0 Å². The highest BCUT2D eigenvalue weighted by molar-refractivity contribution is 5.34. The number of ether oxygens (including phenoxy) is 1. The number of aromatic nitrogens is 2. The van der Waals surface area contributed by atoms with Crippen molar-refractivity contribution in [1.29, 1.82) is 0 Å². The molecule has 2 aromatic rings. The number of aliphatic hydroxyl groups excluding tert-OH is 1. The predicted octanol–water partition coefficient (Wildman–Crippen LogP) is 1.70. The van der Waals surface area contributed by atoms with Crippen molar-refractivity contribution >= 4 is 0 Å². The Balaban J connectivity index is 2.28. The second kappa shape index (κ2) is 4.14. The molecule has 0 unspecified atom stereocenters. The highest BCUT2D eigenvalue weighted by Crippen LogP contribution is 2.23. The summed E-state index contributed by atoms with van der Waals surface area (Å²) in [6.07, 6.45) is 3.47. The van der Waals surface area contributed by atoms with Crippen LogP contribution in [0.1, 0.15) is 5.56 Å². The largest absolute Gasteiger partial charge is 0.425 e. The zero-order valence-electron chi connectivity index (χ0n) is 8.42. The van der Waals surface area contributed by atoms with Crippen molar-refractivity contribution in [2.45, 2.75) is 6.61 Å². The Hall–Kier alpha value is -1.81. The quantitative estimate of drug-likeness (QED) is 0.827. The van der Waals surface area contributed by atoms with Gasteiger partial charge in [-0.25, -0.2) is 4.98 Å². The summed E-state index contributed by atoms with van der Waals surface area (Å²) in [4.78, 5) is 4.05. The molecular weight excluding hydrogens is 192 g/mol. The Labute approximate surface area is 87.8 Å². The molecule has 0 aliphatic rings. The first kappa shape index (κ1) is 9.73. The number of rotatable bonds is 3. The van der Waals surface area contributed by atoms with Crippen molar-refractivity contribution in [2.75, 3.05) is 0 Å². The van der Waals surface area contributed by atoms with Crippen LogP contribution < -0.4 is 4.74 Å². The van der Waals surface area contributed by atoms with Crippen molar-refractivity contribution in [3.05, 3.63) is 42.2 Å². The van der Waals surface area contributed by atoms with E-state index in [1.54, 1.807) is 23.0 Å². The normalized spacial score (nSPS) is 10.3. The summed E-state index contributed by atoms with van der Waals surface area (Å²) in [7, 11) is 1.85. The lowest BCUT2D eigenvalue weighted by Gasteiger charge is -2.08. The Morgan fingerprint density at radius 3 is 2.87 bits per heavy atom. The lowest BCUT2D eigenvalue weighted by Crippen LogP contribution is -1.96. The summed E-state index contributed by atoms with van der Waals surface area (Å²) >= 11 is 0.